The fourth-order valence-corrected chi connectivity index (χ4v) is 5.33. The van der Waals surface area contributed by atoms with Crippen molar-refractivity contribution < 1.29 is 9.50 Å². The van der Waals surface area contributed by atoms with Gasteiger partial charge >= 0.3 is 0 Å². The molecular weight excluding hydrogens is 495 g/mol. The molecule has 0 spiro atoms. The number of hydrogen-bond acceptors (Lipinski definition) is 7. The van der Waals surface area contributed by atoms with Crippen LogP contribution in [-0.4, -0.2) is 54.6 Å². The molecule has 1 atom stereocenters. The fourth-order valence-electron chi connectivity index (χ4n) is 5.33. The van der Waals surface area contributed by atoms with Gasteiger partial charge in [-0.25, -0.2) is 14.4 Å². The molecule has 0 aliphatic carbocycles. The van der Waals surface area contributed by atoms with E-state index < -0.39 is 12.0 Å². The van der Waals surface area contributed by atoms with E-state index in [-0.39, 0.29) is 5.41 Å². The van der Waals surface area contributed by atoms with E-state index in [4.69, 9.17) is 4.98 Å². The highest BCUT2D eigenvalue weighted by molar-refractivity contribution is 5.97. The van der Waals surface area contributed by atoms with Crippen LogP contribution in [0.1, 0.15) is 46.5 Å². The van der Waals surface area contributed by atoms with Crippen molar-refractivity contribution in [1.29, 1.82) is 0 Å². The van der Waals surface area contributed by atoms with Gasteiger partial charge in [-0.3, -0.25) is 10.1 Å². The Bertz CT molecular complexity index is 1630. The molecule has 39 heavy (non-hydrogen) atoms. The second-order valence-electron chi connectivity index (χ2n) is 11.5. The van der Waals surface area contributed by atoms with Crippen molar-refractivity contribution in [3.05, 3.63) is 48.7 Å². The van der Waals surface area contributed by atoms with Crippen LogP contribution in [0, 0.1) is 11.2 Å². The summed E-state index contributed by atoms with van der Waals surface area (Å²) in [6.07, 6.45) is 8.43. The Labute approximate surface area is 225 Å². The molecule has 9 nitrogen and oxygen atoms in total. The SMILES string of the molecule is CC(C)(C)CC(O)Nc1cncc(-c2cc3c(-c4nc5c(N6CCCCC6)ccnc5[nH]4)n[nH]c3cc2F)c1. The minimum Gasteiger partial charge on any atom is -0.374 e. The molecule has 0 saturated carbocycles. The molecule has 0 amide bonds. The molecule has 1 aromatic carbocycles. The van der Waals surface area contributed by atoms with Crippen molar-refractivity contribution >= 4 is 33.4 Å². The first-order valence-electron chi connectivity index (χ1n) is 13.4. The Morgan fingerprint density at radius 2 is 1.95 bits per heavy atom. The molecule has 1 saturated heterocycles. The standard InChI is InChI=1S/C29H33FN8O/c1-29(2,3)14-24(39)33-18-11-17(15-31-16-18)19-12-20-22(13-21(19)30)36-37-25(20)28-34-26-23(7-8-32-27(26)35-28)38-9-5-4-6-10-38/h7-8,11-13,15-16,24,33,39H,4-6,9-10,14H2,1-3H3,(H,36,37)(H,32,34,35). The van der Waals surface area contributed by atoms with Crippen molar-refractivity contribution in [3.63, 3.8) is 0 Å². The van der Waals surface area contributed by atoms with Crippen molar-refractivity contribution in [1.82, 2.24) is 30.1 Å². The number of aromatic amines is 2. The topological polar surface area (TPSA) is 119 Å². The van der Waals surface area contributed by atoms with E-state index >= 15 is 4.39 Å². The zero-order chi connectivity index (χ0) is 27.1. The maximum atomic E-state index is 15.3. The summed E-state index contributed by atoms with van der Waals surface area (Å²) >= 11 is 0. The lowest BCUT2D eigenvalue weighted by atomic mass is 9.91. The Morgan fingerprint density at radius 3 is 2.74 bits per heavy atom. The molecule has 4 N–H and O–H groups in total. The Balaban J connectivity index is 1.36. The number of nitrogens with one attached hydrogen (secondary N) is 3. The quantitative estimate of drug-likeness (QED) is 0.204. The summed E-state index contributed by atoms with van der Waals surface area (Å²) < 4.78 is 15.3. The van der Waals surface area contributed by atoms with E-state index in [1.807, 2.05) is 6.07 Å². The molecule has 1 fully saturated rings. The third kappa shape index (κ3) is 5.16. The first-order valence-corrected chi connectivity index (χ1v) is 13.4. The van der Waals surface area contributed by atoms with Gasteiger partial charge in [0.25, 0.3) is 0 Å². The number of anilines is 2. The van der Waals surface area contributed by atoms with Crippen LogP contribution in [0.25, 0.3) is 44.7 Å². The summed E-state index contributed by atoms with van der Waals surface area (Å²) in [7, 11) is 0. The number of hydrogen-bond donors (Lipinski definition) is 4. The third-order valence-corrected chi connectivity index (χ3v) is 7.12. The molecule has 202 valence electrons. The van der Waals surface area contributed by atoms with Crippen LogP contribution in [0.15, 0.2) is 42.9 Å². The molecule has 6 rings (SSSR count). The van der Waals surface area contributed by atoms with Crippen LogP contribution < -0.4 is 10.2 Å². The van der Waals surface area contributed by atoms with Gasteiger partial charge in [0, 0.05) is 48.1 Å². The molecular formula is C29H33FN8O. The summed E-state index contributed by atoms with van der Waals surface area (Å²) in [6.45, 7) is 8.19. The summed E-state index contributed by atoms with van der Waals surface area (Å²) in [4.78, 5) is 19.4. The largest absolute Gasteiger partial charge is 0.374 e. The lowest BCUT2D eigenvalue weighted by molar-refractivity contribution is 0.145. The van der Waals surface area contributed by atoms with E-state index in [9.17, 15) is 5.11 Å². The zero-order valence-corrected chi connectivity index (χ0v) is 22.4. The van der Waals surface area contributed by atoms with Crippen LogP contribution >= 0.6 is 0 Å². The number of piperidine rings is 1. The van der Waals surface area contributed by atoms with E-state index in [1.165, 1.54) is 25.3 Å². The van der Waals surface area contributed by atoms with Gasteiger partial charge in [-0.1, -0.05) is 20.8 Å². The molecule has 0 bridgehead atoms. The van der Waals surface area contributed by atoms with Crippen LogP contribution in [0.5, 0.6) is 0 Å². The molecule has 5 heterocycles. The number of aliphatic hydroxyl groups excluding tert-OH is 1. The van der Waals surface area contributed by atoms with E-state index in [0.717, 1.165) is 29.7 Å². The molecule has 0 radical (unpaired) electrons. The minimum absolute atomic E-state index is 0.0486. The van der Waals surface area contributed by atoms with Crippen LogP contribution in [0.3, 0.4) is 0 Å². The van der Waals surface area contributed by atoms with Crippen molar-refractivity contribution in [2.45, 2.75) is 52.7 Å². The number of halogens is 1. The lowest BCUT2D eigenvalue weighted by Gasteiger charge is -2.28. The Morgan fingerprint density at radius 1 is 1.13 bits per heavy atom. The van der Waals surface area contributed by atoms with Crippen LogP contribution in [0.4, 0.5) is 15.8 Å². The molecule has 5 aromatic rings. The van der Waals surface area contributed by atoms with Gasteiger partial charge in [-0.15, -0.1) is 0 Å². The van der Waals surface area contributed by atoms with Gasteiger partial charge in [0.1, 0.15) is 23.3 Å². The number of H-pyrrole nitrogens is 2. The highest BCUT2D eigenvalue weighted by atomic mass is 19.1. The number of fused-ring (bicyclic) bond motifs is 2. The normalized spacial score (nSPS) is 15.3. The predicted octanol–water partition coefficient (Wildman–Crippen LogP) is 5.86. The molecule has 4 aromatic heterocycles. The smallest absolute Gasteiger partial charge is 0.161 e. The monoisotopic (exact) mass is 528 g/mol. The number of aromatic nitrogens is 6. The molecule has 10 heteroatoms. The molecule has 1 unspecified atom stereocenters. The predicted molar refractivity (Wildman–Crippen MR) is 152 cm³/mol. The average Bonchev–Trinajstić information content (AvgIpc) is 3.51. The number of imidazole rings is 1. The maximum Gasteiger partial charge on any atom is 0.161 e. The number of rotatable bonds is 6. The lowest BCUT2D eigenvalue weighted by Crippen LogP contribution is -2.29. The van der Waals surface area contributed by atoms with E-state index in [0.29, 0.717) is 45.9 Å². The molecule has 1 aliphatic rings. The van der Waals surface area contributed by atoms with Crippen LogP contribution in [-0.2, 0) is 0 Å². The summed E-state index contributed by atoms with van der Waals surface area (Å²) in [5.41, 5.74) is 5.28. The van der Waals surface area contributed by atoms with E-state index in [2.05, 4.69) is 56.1 Å². The first kappa shape index (κ1) is 25.2. The van der Waals surface area contributed by atoms with Gasteiger partial charge < -0.3 is 20.3 Å². The minimum atomic E-state index is -0.744. The van der Waals surface area contributed by atoms with Gasteiger partial charge in [-0.05, 0) is 49.3 Å². The highest BCUT2D eigenvalue weighted by Gasteiger charge is 2.21. The average molecular weight is 529 g/mol. The highest BCUT2D eigenvalue weighted by Crippen LogP contribution is 2.34. The van der Waals surface area contributed by atoms with Crippen molar-refractivity contribution in [3.8, 4) is 22.6 Å². The number of aliphatic hydroxyl groups is 1. The van der Waals surface area contributed by atoms with Crippen molar-refractivity contribution in [2.75, 3.05) is 23.3 Å². The van der Waals surface area contributed by atoms with Gasteiger partial charge in [0.2, 0.25) is 0 Å². The summed E-state index contributed by atoms with van der Waals surface area (Å²) in [5.74, 6) is 0.176. The summed E-state index contributed by atoms with van der Waals surface area (Å²) in [6, 6.07) is 7.01. The third-order valence-electron chi connectivity index (χ3n) is 7.12. The van der Waals surface area contributed by atoms with Gasteiger partial charge in [-0.2, -0.15) is 5.10 Å². The fraction of sp³-hybridized carbons (Fsp3) is 0.379. The second kappa shape index (κ2) is 9.92. The second-order valence-corrected chi connectivity index (χ2v) is 11.5. The van der Waals surface area contributed by atoms with Gasteiger partial charge in [0.05, 0.1) is 23.1 Å². The molecule has 1 aliphatic heterocycles. The number of nitrogens with zero attached hydrogens (tertiary/aromatic N) is 5. The maximum absolute atomic E-state index is 15.3. The van der Waals surface area contributed by atoms with Crippen molar-refractivity contribution in [2.24, 2.45) is 5.41 Å². The van der Waals surface area contributed by atoms with Crippen LogP contribution in [0.2, 0.25) is 0 Å². The number of benzene rings is 1. The first-order chi connectivity index (χ1) is 18.7. The Kier molecular flexibility index (Phi) is 6.42. The summed E-state index contributed by atoms with van der Waals surface area (Å²) in [5, 5.41) is 21.7. The van der Waals surface area contributed by atoms with E-state index in [1.54, 1.807) is 30.7 Å². The number of pyridine rings is 2. The zero-order valence-electron chi connectivity index (χ0n) is 22.4. The Hall–Kier alpha value is -4.05. The van der Waals surface area contributed by atoms with Gasteiger partial charge in [0.15, 0.2) is 11.5 Å².